The lowest BCUT2D eigenvalue weighted by molar-refractivity contribution is -0.120. The van der Waals surface area contributed by atoms with Crippen molar-refractivity contribution in [1.82, 2.24) is 0 Å². The quantitative estimate of drug-likeness (QED) is 0.155. The Morgan fingerprint density at radius 3 is 1.39 bits per heavy atom. The normalized spacial score (nSPS) is 9.11. The van der Waals surface area contributed by atoms with Crippen molar-refractivity contribution >= 4 is 23.1 Å². The van der Waals surface area contributed by atoms with Crippen molar-refractivity contribution in [3.63, 3.8) is 0 Å². The largest absolute Gasteiger partial charge is 0.385 e. The lowest BCUT2D eigenvalue weighted by atomic mass is 10.0. The highest BCUT2D eigenvalue weighted by Gasteiger charge is 2.06. The molecule has 6 heteroatoms. The van der Waals surface area contributed by atoms with E-state index in [-0.39, 0.29) is 47.1 Å². The molecule has 0 saturated heterocycles. The molecule has 0 saturated carbocycles. The fourth-order valence-electron chi connectivity index (χ4n) is 2.96. The molecular weight excluding hydrogens is 456 g/mol. The van der Waals surface area contributed by atoms with Crippen LogP contribution < -0.4 is 0 Å². The second kappa shape index (κ2) is 29.1. The van der Waals surface area contributed by atoms with Crippen LogP contribution in [0.4, 0.5) is 0 Å². The fourth-order valence-corrected chi connectivity index (χ4v) is 2.96. The summed E-state index contributed by atoms with van der Waals surface area (Å²) in [6, 6.07) is 6.83. The van der Waals surface area contributed by atoms with E-state index in [2.05, 4.69) is 0 Å². The van der Waals surface area contributed by atoms with E-state index in [9.17, 15) is 19.2 Å². The Bertz CT molecular complexity index is 679. The molecule has 0 aliphatic heterocycles. The molecule has 0 amide bonds. The Morgan fingerprint density at radius 2 is 0.972 bits per heavy atom. The Kier molecular flexibility index (Phi) is 35.4. The number of carbonyl (C=O) groups is 4. The van der Waals surface area contributed by atoms with Gasteiger partial charge in [0.15, 0.2) is 11.6 Å². The molecule has 0 unspecified atom stereocenters. The van der Waals surface area contributed by atoms with Gasteiger partial charge < -0.3 is 14.3 Å². The van der Waals surface area contributed by atoms with Crippen molar-refractivity contribution in [3.05, 3.63) is 35.4 Å². The van der Waals surface area contributed by atoms with Gasteiger partial charge in [0.1, 0.15) is 11.6 Å². The van der Waals surface area contributed by atoms with Crippen molar-refractivity contribution < 1.29 is 28.7 Å². The summed E-state index contributed by atoms with van der Waals surface area (Å²) in [7, 11) is 3.33. The molecule has 0 radical (unpaired) electrons. The summed E-state index contributed by atoms with van der Waals surface area (Å²) in [4.78, 5) is 44.8. The van der Waals surface area contributed by atoms with Crippen LogP contribution in [-0.4, -0.2) is 50.6 Å². The van der Waals surface area contributed by atoms with Gasteiger partial charge in [0, 0.05) is 64.2 Å². The van der Waals surface area contributed by atoms with Crippen LogP contribution in [0.25, 0.3) is 0 Å². The number of hydrogen-bond acceptors (Lipinski definition) is 6. The molecule has 0 heterocycles. The predicted molar refractivity (Wildman–Crippen MR) is 153 cm³/mol. The Morgan fingerprint density at radius 1 is 0.583 bits per heavy atom. The van der Waals surface area contributed by atoms with Gasteiger partial charge in [0.25, 0.3) is 0 Å². The van der Waals surface area contributed by atoms with E-state index in [0.717, 1.165) is 45.1 Å². The molecule has 0 aliphatic rings. The number of Topliss-reactive ketones (excluding diaryl/α,β-unsaturated/α-hetero) is 4. The first-order valence-corrected chi connectivity index (χ1v) is 11.4. The molecule has 36 heavy (non-hydrogen) atoms. The van der Waals surface area contributed by atoms with Gasteiger partial charge in [-0.2, -0.15) is 0 Å². The average Bonchev–Trinajstić information content (AvgIpc) is 2.77. The van der Waals surface area contributed by atoms with Crippen molar-refractivity contribution in [2.45, 2.75) is 108 Å². The lowest BCUT2D eigenvalue weighted by Gasteiger charge is -2.02. The zero-order chi connectivity index (χ0) is 24.2. The maximum atomic E-state index is 11.8. The maximum Gasteiger partial charge on any atom is 0.162 e. The number of rotatable bonds is 17. The molecular formula is C30H56O6. The summed E-state index contributed by atoms with van der Waals surface area (Å²) < 4.78 is 9.82. The molecule has 0 aliphatic carbocycles. The Balaban J connectivity index is -0.000000161. The van der Waals surface area contributed by atoms with E-state index in [0.29, 0.717) is 49.2 Å². The Labute approximate surface area is 222 Å². The van der Waals surface area contributed by atoms with Crippen molar-refractivity contribution in [2.24, 2.45) is 0 Å². The molecule has 0 N–H and O–H groups in total. The van der Waals surface area contributed by atoms with Gasteiger partial charge in [-0.15, -0.1) is 0 Å². The second-order valence-corrected chi connectivity index (χ2v) is 7.90. The first kappa shape index (κ1) is 43.9. The van der Waals surface area contributed by atoms with Crippen molar-refractivity contribution in [2.75, 3.05) is 27.4 Å². The molecule has 1 aromatic carbocycles. The summed E-state index contributed by atoms with van der Waals surface area (Å²) in [5.74, 6) is 0.664. The van der Waals surface area contributed by atoms with Gasteiger partial charge >= 0.3 is 0 Å². The van der Waals surface area contributed by atoms with Gasteiger partial charge in [-0.3, -0.25) is 14.4 Å². The van der Waals surface area contributed by atoms with Crippen LogP contribution in [0.1, 0.15) is 128 Å². The van der Waals surface area contributed by atoms with E-state index >= 15 is 0 Å². The topological polar surface area (TPSA) is 86.7 Å². The first-order valence-electron chi connectivity index (χ1n) is 11.4. The molecule has 0 spiro atoms. The van der Waals surface area contributed by atoms with Crippen molar-refractivity contribution in [1.29, 1.82) is 0 Å². The molecule has 1 rings (SSSR count). The summed E-state index contributed by atoms with van der Waals surface area (Å²) in [6.07, 6.45) is 7.72. The van der Waals surface area contributed by atoms with Crippen LogP contribution in [0.5, 0.6) is 0 Å². The number of hydrogen-bond donors (Lipinski definition) is 0. The molecule has 0 bridgehead atoms. The summed E-state index contributed by atoms with van der Waals surface area (Å²) in [5, 5.41) is 0. The van der Waals surface area contributed by atoms with Crippen LogP contribution in [0.3, 0.4) is 0 Å². The fraction of sp³-hybridized carbons (Fsp3) is 0.667. The summed E-state index contributed by atoms with van der Waals surface area (Å²) in [5.41, 5.74) is 1.31. The summed E-state index contributed by atoms with van der Waals surface area (Å²) >= 11 is 0. The standard InChI is InChI=1S/C14H18O3.C12H22O3.4CH4/c1-11(15)12-6-8-13(9-7-12)14(16)5-3-4-10-17-2;1-11(13)7-3-4-8-12(14)9-5-6-10-15-2;;;;/h6-9H,3-5,10H2,1-2H3;3-10H2,1-2H3;4*1H4. The smallest absolute Gasteiger partial charge is 0.162 e. The van der Waals surface area contributed by atoms with Gasteiger partial charge in [-0.25, -0.2) is 0 Å². The van der Waals surface area contributed by atoms with E-state index in [1.807, 2.05) is 0 Å². The minimum Gasteiger partial charge on any atom is -0.385 e. The second-order valence-electron chi connectivity index (χ2n) is 7.90. The number of carbonyl (C=O) groups excluding carboxylic acids is 4. The number of methoxy groups -OCH3 is 2. The molecule has 212 valence electrons. The van der Waals surface area contributed by atoms with E-state index in [1.54, 1.807) is 45.4 Å². The Hall–Kier alpha value is -2.18. The minimum absolute atomic E-state index is 0. The third-order valence-corrected chi connectivity index (χ3v) is 4.90. The van der Waals surface area contributed by atoms with Crippen LogP contribution in [0, 0.1) is 0 Å². The number of ketones is 4. The zero-order valence-corrected chi connectivity index (χ0v) is 20.2. The summed E-state index contributed by atoms with van der Waals surface area (Å²) in [6.45, 7) is 4.53. The number of unbranched alkanes of at least 4 members (excludes halogenated alkanes) is 3. The van der Waals surface area contributed by atoms with Gasteiger partial charge in [-0.05, 0) is 52.4 Å². The molecule has 6 nitrogen and oxygen atoms in total. The van der Waals surface area contributed by atoms with Gasteiger partial charge in [0.2, 0.25) is 0 Å². The van der Waals surface area contributed by atoms with Crippen LogP contribution in [-0.2, 0) is 19.1 Å². The van der Waals surface area contributed by atoms with Crippen LogP contribution in [0.2, 0.25) is 0 Å². The van der Waals surface area contributed by atoms with Gasteiger partial charge in [0.05, 0.1) is 0 Å². The predicted octanol–water partition coefficient (Wildman–Crippen LogP) is 7.95. The van der Waals surface area contributed by atoms with E-state index in [4.69, 9.17) is 9.47 Å². The van der Waals surface area contributed by atoms with Crippen LogP contribution >= 0.6 is 0 Å². The monoisotopic (exact) mass is 512 g/mol. The molecule has 1 aromatic rings. The third-order valence-electron chi connectivity index (χ3n) is 4.90. The first-order chi connectivity index (χ1) is 15.3. The molecule has 0 atom stereocenters. The highest BCUT2D eigenvalue weighted by atomic mass is 16.5. The average molecular weight is 513 g/mol. The zero-order valence-electron chi connectivity index (χ0n) is 20.2. The molecule has 0 fully saturated rings. The van der Waals surface area contributed by atoms with Gasteiger partial charge in [-0.1, -0.05) is 54.0 Å². The molecule has 0 aromatic heterocycles. The number of ether oxygens (including phenoxy) is 2. The lowest BCUT2D eigenvalue weighted by Crippen LogP contribution is -2.01. The maximum absolute atomic E-state index is 11.8. The third kappa shape index (κ3) is 24.9. The minimum atomic E-state index is 0. The van der Waals surface area contributed by atoms with Crippen LogP contribution in [0.15, 0.2) is 24.3 Å². The highest BCUT2D eigenvalue weighted by Crippen LogP contribution is 2.10. The highest BCUT2D eigenvalue weighted by molar-refractivity contribution is 5.98. The number of benzene rings is 1. The van der Waals surface area contributed by atoms with E-state index in [1.165, 1.54) is 6.92 Å². The van der Waals surface area contributed by atoms with E-state index < -0.39 is 0 Å². The SMILES string of the molecule is C.C.C.C.COCCCCC(=O)CCCCC(C)=O.COCCCCC(=O)c1ccc(C(C)=O)cc1. The van der Waals surface area contributed by atoms with Crippen molar-refractivity contribution in [3.8, 4) is 0 Å².